The summed E-state index contributed by atoms with van der Waals surface area (Å²) in [7, 11) is 0. The van der Waals surface area contributed by atoms with E-state index in [4.69, 9.17) is 9.47 Å². The van der Waals surface area contributed by atoms with Crippen LogP contribution in [0.15, 0.2) is 0 Å². The molecule has 2 aliphatic carbocycles. The molecule has 0 radical (unpaired) electrons. The van der Waals surface area contributed by atoms with Crippen LogP contribution in [0, 0.1) is 11.8 Å². The minimum atomic E-state index is 0.0566. The summed E-state index contributed by atoms with van der Waals surface area (Å²) in [6.45, 7) is 1.05. The van der Waals surface area contributed by atoms with Crippen LogP contribution in [0.3, 0.4) is 0 Å². The molecule has 0 bridgehead atoms. The van der Waals surface area contributed by atoms with Crippen LogP contribution >= 0.6 is 0 Å². The lowest BCUT2D eigenvalue weighted by atomic mass is 9.87. The first kappa shape index (κ1) is 15.6. The van der Waals surface area contributed by atoms with Crippen molar-refractivity contribution in [2.75, 3.05) is 13.2 Å². The zero-order valence-electron chi connectivity index (χ0n) is 12.2. The highest BCUT2D eigenvalue weighted by Gasteiger charge is 2.27. The fraction of sp³-hybridized carbons (Fsp3) is 0.875. The predicted octanol–water partition coefficient (Wildman–Crippen LogP) is 2.54. The lowest BCUT2D eigenvalue weighted by Crippen LogP contribution is -2.32. The molecule has 0 aromatic carbocycles. The van der Waals surface area contributed by atoms with Gasteiger partial charge in [-0.15, -0.1) is 0 Å². The van der Waals surface area contributed by atoms with Gasteiger partial charge in [-0.05, 0) is 25.7 Å². The molecule has 0 aromatic rings. The molecule has 0 spiro atoms. The smallest absolute Gasteiger partial charge is 0.125 e. The van der Waals surface area contributed by atoms with Gasteiger partial charge in [-0.25, -0.2) is 0 Å². The molecule has 4 unspecified atom stereocenters. The summed E-state index contributed by atoms with van der Waals surface area (Å²) in [4.78, 5) is 22.0. The quantitative estimate of drug-likeness (QED) is 0.532. The number of carbonyl (C=O) groups is 2. The highest BCUT2D eigenvalue weighted by atomic mass is 16.5. The molecule has 2 fully saturated rings. The third-order valence-electron chi connectivity index (χ3n) is 4.60. The Labute approximate surface area is 121 Å². The maximum absolute atomic E-state index is 11.0. The van der Waals surface area contributed by atoms with Crippen molar-refractivity contribution in [2.45, 2.75) is 63.6 Å². The highest BCUT2D eigenvalue weighted by molar-refractivity contribution is 5.55. The summed E-state index contributed by atoms with van der Waals surface area (Å²) in [5.41, 5.74) is 0. The Bertz CT molecular complexity index is 275. The number of aldehydes is 2. The van der Waals surface area contributed by atoms with Crippen LogP contribution in [-0.4, -0.2) is 38.0 Å². The Morgan fingerprint density at radius 1 is 0.700 bits per heavy atom. The van der Waals surface area contributed by atoms with E-state index in [9.17, 15) is 9.59 Å². The van der Waals surface area contributed by atoms with Crippen molar-refractivity contribution >= 4 is 12.6 Å². The molecule has 114 valence electrons. The zero-order valence-corrected chi connectivity index (χ0v) is 12.2. The molecule has 20 heavy (non-hydrogen) atoms. The first-order valence-corrected chi connectivity index (χ1v) is 7.99. The van der Waals surface area contributed by atoms with Crippen LogP contribution in [-0.2, 0) is 19.1 Å². The van der Waals surface area contributed by atoms with Gasteiger partial charge in [0.15, 0.2) is 0 Å². The summed E-state index contributed by atoms with van der Waals surface area (Å²) in [5, 5.41) is 0. The minimum absolute atomic E-state index is 0.0566. The van der Waals surface area contributed by atoms with Gasteiger partial charge in [-0.2, -0.15) is 0 Å². The van der Waals surface area contributed by atoms with Crippen molar-refractivity contribution in [2.24, 2.45) is 11.8 Å². The van der Waals surface area contributed by atoms with Gasteiger partial charge in [0, 0.05) is 11.8 Å². The van der Waals surface area contributed by atoms with E-state index >= 15 is 0 Å². The van der Waals surface area contributed by atoms with E-state index in [0.29, 0.717) is 13.2 Å². The van der Waals surface area contributed by atoms with Gasteiger partial charge in [0.05, 0.1) is 25.4 Å². The first-order valence-electron chi connectivity index (χ1n) is 7.99. The van der Waals surface area contributed by atoms with Crippen LogP contribution < -0.4 is 0 Å². The van der Waals surface area contributed by atoms with Crippen molar-refractivity contribution in [1.82, 2.24) is 0 Å². The van der Waals surface area contributed by atoms with Crippen molar-refractivity contribution < 1.29 is 19.1 Å². The molecule has 0 aromatic heterocycles. The lowest BCUT2D eigenvalue weighted by molar-refractivity contribution is -0.124. The van der Waals surface area contributed by atoms with Crippen LogP contribution in [0.5, 0.6) is 0 Å². The second kappa shape index (κ2) is 8.53. The maximum atomic E-state index is 11.0. The first-order chi connectivity index (χ1) is 9.85. The maximum Gasteiger partial charge on any atom is 0.125 e. The molecule has 2 saturated carbocycles. The fourth-order valence-electron chi connectivity index (χ4n) is 3.38. The van der Waals surface area contributed by atoms with Crippen LogP contribution in [0.4, 0.5) is 0 Å². The summed E-state index contributed by atoms with van der Waals surface area (Å²) >= 11 is 0. The minimum Gasteiger partial charge on any atom is -0.375 e. The molecule has 0 N–H and O–H groups in total. The van der Waals surface area contributed by atoms with Crippen LogP contribution in [0.25, 0.3) is 0 Å². The Morgan fingerprint density at radius 3 is 1.50 bits per heavy atom. The SMILES string of the molecule is O=CC1CCCCC1OCCOC1CCCCC1C=O. The largest absolute Gasteiger partial charge is 0.375 e. The van der Waals surface area contributed by atoms with Gasteiger partial charge < -0.3 is 19.1 Å². The number of hydrogen-bond donors (Lipinski definition) is 0. The Morgan fingerprint density at radius 2 is 1.10 bits per heavy atom. The van der Waals surface area contributed by atoms with Gasteiger partial charge in [-0.1, -0.05) is 25.7 Å². The highest BCUT2D eigenvalue weighted by Crippen LogP contribution is 2.26. The Kier molecular flexibility index (Phi) is 6.67. The molecule has 0 heterocycles. The van der Waals surface area contributed by atoms with Crippen molar-refractivity contribution in [3.8, 4) is 0 Å². The molecule has 4 nitrogen and oxygen atoms in total. The van der Waals surface area contributed by atoms with Gasteiger partial charge >= 0.3 is 0 Å². The summed E-state index contributed by atoms with van der Waals surface area (Å²) in [5.74, 6) is 0.113. The molecular weight excluding hydrogens is 256 g/mol. The van der Waals surface area contributed by atoms with Crippen LogP contribution in [0.2, 0.25) is 0 Å². The standard InChI is InChI=1S/C16H26O4/c17-11-13-5-1-3-7-15(13)19-9-10-20-16-8-4-2-6-14(16)12-18/h11-16H,1-10H2. The number of rotatable bonds is 7. The monoisotopic (exact) mass is 282 g/mol. The second-order valence-corrected chi connectivity index (χ2v) is 5.99. The molecule has 0 saturated heterocycles. The van der Waals surface area contributed by atoms with E-state index < -0.39 is 0 Å². The molecule has 0 amide bonds. The molecule has 4 atom stereocenters. The molecule has 4 heteroatoms. The Balaban J connectivity index is 1.65. The van der Waals surface area contributed by atoms with Crippen molar-refractivity contribution in [3.05, 3.63) is 0 Å². The van der Waals surface area contributed by atoms with E-state index in [1.54, 1.807) is 0 Å². The molecule has 0 aliphatic heterocycles. The number of ether oxygens (including phenoxy) is 2. The van der Waals surface area contributed by atoms with E-state index in [-0.39, 0.29) is 24.0 Å². The van der Waals surface area contributed by atoms with E-state index in [2.05, 4.69) is 0 Å². The second-order valence-electron chi connectivity index (χ2n) is 5.99. The third-order valence-corrected chi connectivity index (χ3v) is 4.60. The average molecular weight is 282 g/mol. The van der Waals surface area contributed by atoms with Crippen LogP contribution in [0.1, 0.15) is 51.4 Å². The van der Waals surface area contributed by atoms with E-state index in [0.717, 1.165) is 63.9 Å². The van der Waals surface area contributed by atoms with Crippen molar-refractivity contribution in [1.29, 1.82) is 0 Å². The summed E-state index contributed by atoms with van der Waals surface area (Å²) in [6.07, 6.45) is 10.6. The Hall–Kier alpha value is -0.740. The topological polar surface area (TPSA) is 52.6 Å². The third kappa shape index (κ3) is 4.38. The van der Waals surface area contributed by atoms with E-state index in [1.165, 1.54) is 0 Å². The summed E-state index contributed by atoms with van der Waals surface area (Å²) < 4.78 is 11.6. The number of hydrogen-bond acceptors (Lipinski definition) is 4. The predicted molar refractivity (Wildman–Crippen MR) is 75.5 cm³/mol. The van der Waals surface area contributed by atoms with Gasteiger partial charge in [0.1, 0.15) is 12.6 Å². The normalized spacial score (nSPS) is 34.6. The summed E-state index contributed by atoms with van der Waals surface area (Å²) in [6, 6.07) is 0. The van der Waals surface area contributed by atoms with Gasteiger partial charge in [-0.3, -0.25) is 0 Å². The zero-order chi connectivity index (χ0) is 14.2. The molecule has 2 aliphatic rings. The lowest BCUT2D eigenvalue weighted by Gasteiger charge is -2.29. The van der Waals surface area contributed by atoms with E-state index in [1.807, 2.05) is 0 Å². The number of carbonyl (C=O) groups excluding carboxylic acids is 2. The van der Waals surface area contributed by atoms with Crippen molar-refractivity contribution in [3.63, 3.8) is 0 Å². The fourth-order valence-corrected chi connectivity index (χ4v) is 3.38. The molecular formula is C16H26O4. The average Bonchev–Trinajstić information content (AvgIpc) is 2.52. The van der Waals surface area contributed by atoms with Gasteiger partial charge in [0.2, 0.25) is 0 Å². The van der Waals surface area contributed by atoms with Gasteiger partial charge in [0.25, 0.3) is 0 Å². The molecule has 2 rings (SSSR count).